The van der Waals surface area contributed by atoms with Crippen molar-refractivity contribution >= 4 is 22.4 Å². The Hall–Kier alpha value is -3.19. The minimum absolute atomic E-state index is 0.0161. The van der Waals surface area contributed by atoms with Gasteiger partial charge in [0.25, 0.3) is 5.91 Å². The summed E-state index contributed by atoms with van der Waals surface area (Å²) in [5, 5.41) is 5.01. The van der Waals surface area contributed by atoms with Gasteiger partial charge in [-0.05, 0) is 29.7 Å². The molecular formula is C22H23F2N2O3+. The summed E-state index contributed by atoms with van der Waals surface area (Å²) in [6.45, 7) is -2.14. The number of amides is 1. The second-order valence-corrected chi connectivity index (χ2v) is 6.75. The number of likely N-dealkylation sites (N-methyl/N-ethyl adjacent to an activating group) is 1. The third-order valence-corrected chi connectivity index (χ3v) is 4.48. The predicted molar refractivity (Wildman–Crippen MR) is 108 cm³/mol. The number of rotatable bonds is 8. The molecule has 1 amide bonds. The number of methoxy groups -OCH3 is 1. The summed E-state index contributed by atoms with van der Waals surface area (Å²) in [5.41, 5.74) is 1.62. The first-order valence-corrected chi connectivity index (χ1v) is 9.17. The summed E-state index contributed by atoms with van der Waals surface area (Å²) in [4.78, 5) is 13.4. The van der Waals surface area contributed by atoms with Crippen LogP contribution in [-0.4, -0.2) is 33.2 Å². The van der Waals surface area contributed by atoms with Crippen molar-refractivity contribution in [3.05, 3.63) is 66.2 Å². The van der Waals surface area contributed by atoms with Crippen molar-refractivity contribution in [1.29, 1.82) is 0 Å². The van der Waals surface area contributed by atoms with Crippen LogP contribution in [0.15, 0.2) is 60.7 Å². The molecule has 0 saturated heterocycles. The maximum atomic E-state index is 12.5. The zero-order valence-electron chi connectivity index (χ0n) is 16.2. The normalized spacial score (nSPS) is 12.0. The van der Waals surface area contributed by atoms with Crippen LogP contribution in [0, 0.1) is 0 Å². The molecule has 7 heteroatoms. The number of alkyl halides is 2. The van der Waals surface area contributed by atoms with Gasteiger partial charge in [-0.15, -0.1) is 0 Å². The van der Waals surface area contributed by atoms with E-state index in [0.717, 1.165) is 26.9 Å². The number of anilines is 1. The fourth-order valence-corrected chi connectivity index (χ4v) is 3.23. The van der Waals surface area contributed by atoms with Gasteiger partial charge >= 0.3 is 6.61 Å². The quantitative estimate of drug-likeness (QED) is 0.610. The van der Waals surface area contributed by atoms with Crippen LogP contribution in [0.2, 0.25) is 0 Å². The van der Waals surface area contributed by atoms with Crippen LogP contribution in [0.5, 0.6) is 11.5 Å². The average molecular weight is 401 g/mol. The SMILES string of the molecule is COc1cc(C[NH+](C)CC(=O)Nc2cccc3ccccc23)ccc1OC(F)F. The molecule has 3 aromatic rings. The molecule has 0 aromatic heterocycles. The van der Waals surface area contributed by atoms with Crippen LogP contribution >= 0.6 is 0 Å². The number of halogens is 2. The Labute approximate surface area is 167 Å². The summed E-state index contributed by atoms with van der Waals surface area (Å²) in [7, 11) is 3.28. The smallest absolute Gasteiger partial charge is 0.387 e. The van der Waals surface area contributed by atoms with Gasteiger partial charge in [0.2, 0.25) is 0 Å². The highest BCUT2D eigenvalue weighted by Gasteiger charge is 2.15. The molecular weight excluding hydrogens is 378 g/mol. The molecule has 2 N–H and O–H groups in total. The van der Waals surface area contributed by atoms with Crippen LogP contribution in [0.1, 0.15) is 5.56 Å². The molecule has 1 unspecified atom stereocenters. The van der Waals surface area contributed by atoms with Gasteiger partial charge < -0.3 is 19.7 Å². The first kappa shape index (κ1) is 20.5. The maximum absolute atomic E-state index is 12.5. The highest BCUT2D eigenvalue weighted by Crippen LogP contribution is 2.29. The van der Waals surface area contributed by atoms with Gasteiger partial charge in [-0.3, -0.25) is 4.79 Å². The number of nitrogens with one attached hydrogen (secondary N) is 2. The molecule has 0 fully saturated rings. The highest BCUT2D eigenvalue weighted by molar-refractivity contribution is 6.02. The van der Waals surface area contributed by atoms with Crippen LogP contribution in [0.25, 0.3) is 10.8 Å². The molecule has 1 atom stereocenters. The van der Waals surface area contributed by atoms with Crippen molar-refractivity contribution in [2.24, 2.45) is 0 Å². The van der Waals surface area contributed by atoms with Gasteiger partial charge in [0.05, 0.1) is 14.2 Å². The highest BCUT2D eigenvalue weighted by atomic mass is 19.3. The van der Waals surface area contributed by atoms with Gasteiger partial charge in [0.1, 0.15) is 6.54 Å². The Morgan fingerprint density at radius 1 is 1.07 bits per heavy atom. The summed E-state index contributed by atoms with van der Waals surface area (Å²) < 4.78 is 34.4. The van der Waals surface area contributed by atoms with E-state index in [4.69, 9.17) is 4.74 Å². The predicted octanol–water partition coefficient (Wildman–Crippen LogP) is 3.10. The second-order valence-electron chi connectivity index (χ2n) is 6.75. The van der Waals surface area contributed by atoms with E-state index < -0.39 is 6.61 Å². The number of fused-ring (bicyclic) bond motifs is 1. The zero-order chi connectivity index (χ0) is 20.8. The second kappa shape index (κ2) is 9.34. The fourth-order valence-electron chi connectivity index (χ4n) is 3.23. The van der Waals surface area contributed by atoms with Crippen molar-refractivity contribution in [1.82, 2.24) is 0 Å². The van der Waals surface area contributed by atoms with Gasteiger partial charge in [-0.2, -0.15) is 8.78 Å². The minimum Gasteiger partial charge on any atom is -0.493 e. The van der Waals surface area contributed by atoms with Gasteiger partial charge in [0, 0.05) is 16.6 Å². The number of hydrogen-bond donors (Lipinski definition) is 2. The Morgan fingerprint density at radius 3 is 2.59 bits per heavy atom. The molecule has 3 rings (SSSR count). The molecule has 5 nitrogen and oxygen atoms in total. The standard InChI is InChI=1S/C22H22F2N2O3/c1-26(13-15-10-11-19(29-22(23)24)20(12-15)28-2)14-21(27)25-18-9-5-7-16-6-3-4-8-17(16)18/h3-12,22H,13-14H2,1-2H3,(H,25,27)/p+1. The van der Waals surface area contributed by atoms with Crippen molar-refractivity contribution in [2.75, 3.05) is 26.0 Å². The average Bonchev–Trinajstić information content (AvgIpc) is 2.69. The minimum atomic E-state index is -2.92. The number of benzene rings is 3. The van der Waals surface area contributed by atoms with Crippen LogP contribution in [-0.2, 0) is 11.3 Å². The van der Waals surface area contributed by atoms with E-state index in [-0.39, 0.29) is 24.0 Å². The van der Waals surface area contributed by atoms with Crippen LogP contribution in [0.3, 0.4) is 0 Å². The van der Waals surface area contributed by atoms with E-state index in [0.29, 0.717) is 6.54 Å². The van der Waals surface area contributed by atoms with Gasteiger partial charge in [0.15, 0.2) is 18.0 Å². The lowest BCUT2D eigenvalue weighted by molar-refractivity contribution is -0.885. The largest absolute Gasteiger partial charge is 0.493 e. The third-order valence-electron chi connectivity index (χ3n) is 4.48. The lowest BCUT2D eigenvalue weighted by atomic mass is 10.1. The number of ether oxygens (including phenoxy) is 2. The molecule has 0 bridgehead atoms. The molecule has 0 saturated carbocycles. The van der Waals surface area contributed by atoms with Crippen LogP contribution in [0.4, 0.5) is 14.5 Å². The lowest BCUT2D eigenvalue weighted by Gasteiger charge is -2.16. The van der Waals surface area contributed by atoms with E-state index in [1.165, 1.54) is 13.2 Å². The Balaban J connectivity index is 1.63. The number of quaternary nitrogens is 1. The van der Waals surface area contributed by atoms with Crippen molar-refractivity contribution < 1.29 is 27.9 Å². The van der Waals surface area contributed by atoms with E-state index in [1.54, 1.807) is 12.1 Å². The molecule has 0 spiro atoms. The topological polar surface area (TPSA) is 52.0 Å². The number of carbonyl (C=O) groups excluding carboxylic acids is 1. The Bertz CT molecular complexity index is 989. The van der Waals surface area contributed by atoms with Gasteiger partial charge in [-0.1, -0.05) is 36.4 Å². The van der Waals surface area contributed by atoms with E-state index >= 15 is 0 Å². The molecule has 152 valence electrons. The molecule has 0 aliphatic rings. The van der Waals surface area contributed by atoms with Crippen molar-refractivity contribution in [3.63, 3.8) is 0 Å². The summed E-state index contributed by atoms with van der Waals surface area (Å²) >= 11 is 0. The summed E-state index contributed by atoms with van der Waals surface area (Å²) in [6, 6.07) is 18.4. The Morgan fingerprint density at radius 2 is 1.83 bits per heavy atom. The molecule has 3 aromatic carbocycles. The van der Waals surface area contributed by atoms with Crippen LogP contribution < -0.4 is 19.7 Å². The van der Waals surface area contributed by atoms with Crippen molar-refractivity contribution in [2.45, 2.75) is 13.2 Å². The zero-order valence-corrected chi connectivity index (χ0v) is 16.2. The molecule has 0 radical (unpaired) electrons. The molecule has 0 aliphatic carbocycles. The van der Waals surface area contributed by atoms with E-state index in [9.17, 15) is 13.6 Å². The van der Waals surface area contributed by atoms with E-state index in [2.05, 4.69) is 10.1 Å². The summed E-state index contributed by atoms with van der Waals surface area (Å²) in [6.07, 6.45) is 0. The number of hydrogen-bond acceptors (Lipinski definition) is 3. The monoisotopic (exact) mass is 401 g/mol. The molecule has 29 heavy (non-hydrogen) atoms. The van der Waals surface area contributed by atoms with Crippen molar-refractivity contribution in [3.8, 4) is 11.5 Å². The van der Waals surface area contributed by atoms with E-state index in [1.807, 2.05) is 49.5 Å². The lowest BCUT2D eigenvalue weighted by Crippen LogP contribution is -3.08. The number of carbonyl (C=O) groups is 1. The fraction of sp³-hybridized carbons (Fsp3) is 0.227. The molecule has 0 aliphatic heterocycles. The summed E-state index contributed by atoms with van der Waals surface area (Å²) in [5.74, 6) is 0.108. The maximum Gasteiger partial charge on any atom is 0.387 e. The first-order chi connectivity index (χ1) is 14.0. The molecule has 0 heterocycles. The first-order valence-electron chi connectivity index (χ1n) is 9.17. The Kier molecular flexibility index (Phi) is 6.61. The third kappa shape index (κ3) is 5.42. The van der Waals surface area contributed by atoms with Gasteiger partial charge in [-0.25, -0.2) is 0 Å².